The van der Waals surface area contributed by atoms with E-state index in [0.29, 0.717) is 22.1 Å². The molecule has 0 saturated heterocycles. The van der Waals surface area contributed by atoms with Gasteiger partial charge in [0.05, 0.1) is 0 Å². The average Bonchev–Trinajstić information content (AvgIpc) is 3.07. The molecule has 0 atom stereocenters. The molecule has 0 spiro atoms. The molecule has 0 radical (unpaired) electrons. The third-order valence-corrected chi connectivity index (χ3v) is 7.35. The van der Waals surface area contributed by atoms with Crippen LogP contribution in [0.1, 0.15) is 22.8 Å². The average molecular weight is 707 g/mol. The first-order valence-corrected chi connectivity index (χ1v) is 15.3. The molecular formula is C40H36Al2N4O5+4. The summed E-state index contributed by atoms with van der Waals surface area (Å²) >= 11 is 0. The minimum absolute atomic E-state index is 0. The van der Waals surface area contributed by atoms with Crippen molar-refractivity contribution in [1.29, 1.82) is 0 Å². The summed E-state index contributed by atoms with van der Waals surface area (Å²) in [6, 6.07) is 37.1. The van der Waals surface area contributed by atoms with Crippen LogP contribution in [-0.2, 0) is 5.48 Å². The molecule has 0 amide bonds. The molecule has 8 rings (SSSR count). The maximum absolute atomic E-state index is 9.43. The number of phenols is 4. The number of aryl methyl sites for hydroxylation is 4. The van der Waals surface area contributed by atoms with Crippen molar-refractivity contribution >= 4 is 78.3 Å². The van der Waals surface area contributed by atoms with Crippen LogP contribution in [0.3, 0.4) is 0 Å². The number of hydrogen-bond donors (Lipinski definition) is 4. The van der Waals surface area contributed by atoms with Gasteiger partial charge in [-0.3, -0.25) is 0 Å². The second-order valence-electron chi connectivity index (χ2n) is 11.2. The smallest absolute Gasteiger partial charge is 2.00 e. The SMILES string of the molecule is Cc1ccc2cccc(O)c2n1.Cc1ccc2cccc(O)c2n1.Cc1ccc2cccc(O)c2n1.Cc1ccc2cccc(O)c2n1.[Al+3].[Al+3].[O-2]. The fourth-order valence-corrected chi connectivity index (χ4v) is 4.92. The molecule has 0 saturated carbocycles. The van der Waals surface area contributed by atoms with Gasteiger partial charge >= 0.3 is 34.7 Å². The van der Waals surface area contributed by atoms with Crippen molar-refractivity contribution < 1.29 is 25.9 Å². The summed E-state index contributed by atoms with van der Waals surface area (Å²) in [4.78, 5) is 16.9. The quantitative estimate of drug-likeness (QED) is 0.115. The Morgan fingerprint density at radius 2 is 0.510 bits per heavy atom. The molecule has 51 heavy (non-hydrogen) atoms. The molecule has 0 aliphatic carbocycles. The molecule has 0 aliphatic heterocycles. The molecule has 248 valence electrons. The van der Waals surface area contributed by atoms with Crippen LogP contribution in [0.2, 0.25) is 0 Å². The van der Waals surface area contributed by atoms with E-state index in [-0.39, 0.29) is 63.2 Å². The van der Waals surface area contributed by atoms with E-state index in [9.17, 15) is 20.4 Å². The van der Waals surface area contributed by atoms with Crippen LogP contribution in [-0.4, -0.2) is 75.1 Å². The number of phenolic OH excluding ortho intramolecular Hbond substituents is 4. The molecule has 0 aliphatic rings. The normalized spacial score (nSPS) is 9.80. The Balaban J connectivity index is 0.000000231. The van der Waals surface area contributed by atoms with Gasteiger partial charge in [0.25, 0.3) is 0 Å². The summed E-state index contributed by atoms with van der Waals surface area (Å²) in [5.74, 6) is 0.986. The number of nitrogens with zero attached hydrogens (tertiary/aromatic N) is 4. The predicted octanol–water partition coefficient (Wildman–Crippen LogP) is 8.11. The zero-order valence-corrected chi connectivity index (χ0v) is 31.0. The van der Waals surface area contributed by atoms with Crippen LogP contribution in [0.25, 0.3) is 43.6 Å². The monoisotopic (exact) mass is 706 g/mol. The topological polar surface area (TPSA) is 161 Å². The Morgan fingerprint density at radius 3 is 0.706 bits per heavy atom. The molecular weight excluding hydrogens is 670 g/mol. The summed E-state index contributed by atoms with van der Waals surface area (Å²) in [5.41, 5.74) is 6.39. The molecule has 11 heteroatoms. The molecule has 4 aromatic heterocycles. The van der Waals surface area contributed by atoms with Crippen LogP contribution in [0.4, 0.5) is 0 Å². The van der Waals surface area contributed by atoms with E-state index in [4.69, 9.17) is 0 Å². The number of fused-ring (bicyclic) bond motifs is 4. The van der Waals surface area contributed by atoms with Crippen LogP contribution in [0.15, 0.2) is 121 Å². The number of pyridine rings is 4. The standard InChI is InChI=1S/4C10H9NO.2Al.O/c4*1-7-5-6-8-3-2-4-9(12)10(8)11-7;;;/h4*2-6,12H,1H3;;;/q;;;;2*+3;-2. The van der Waals surface area contributed by atoms with Gasteiger partial charge in [-0.05, 0) is 76.2 Å². The largest absolute Gasteiger partial charge is 3.00 e. The Labute approximate surface area is 317 Å². The molecule has 4 aromatic carbocycles. The molecule has 0 unspecified atom stereocenters. The maximum atomic E-state index is 9.43. The van der Waals surface area contributed by atoms with Crippen molar-refractivity contribution in [2.24, 2.45) is 0 Å². The van der Waals surface area contributed by atoms with Crippen molar-refractivity contribution in [3.05, 3.63) is 144 Å². The molecule has 0 fully saturated rings. The van der Waals surface area contributed by atoms with Gasteiger partial charge in [0.1, 0.15) is 45.1 Å². The van der Waals surface area contributed by atoms with Gasteiger partial charge in [0.2, 0.25) is 0 Å². The molecule has 9 nitrogen and oxygen atoms in total. The summed E-state index contributed by atoms with van der Waals surface area (Å²) in [5, 5.41) is 41.6. The fraction of sp³-hybridized carbons (Fsp3) is 0.100. The van der Waals surface area contributed by atoms with Gasteiger partial charge in [-0.15, -0.1) is 0 Å². The third-order valence-electron chi connectivity index (χ3n) is 7.35. The van der Waals surface area contributed by atoms with E-state index in [1.807, 2.05) is 125 Å². The van der Waals surface area contributed by atoms with Gasteiger partial charge < -0.3 is 25.9 Å². The first-order valence-electron chi connectivity index (χ1n) is 15.3. The predicted molar refractivity (Wildman–Crippen MR) is 205 cm³/mol. The minimum Gasteiger partial charge on any atom is -2.00 e. The molecule has 0 bridgehead atoms. The van der Waals surface area contributed by atoms with E-state index in [1.54, 1.807) is 24.3 Å². The first-order chi connectivity index (χ1) is 23.1. The Bertz CT molecular complexity index is 2040. The second kappa shape index (κ2) is 19.2. The maximum Gasteiger partial charge on any atom is 3.00 e. The van der Waals surface area contributed by atoms with Crippen molar-refractivity contribution in [1.82, 2.24) is 19.9 Å². The van der Waals surface area contributed by atoms with E-state index in [2.05, 4.69) is 19.9 Å². The van der Waals surface area contributed by atoms with E-state index in [0.717, 1.165) is 44.3 Å². The van der Waals surface area contributed by atoms with Crippen molar-refractivity contribution in [3.63, 3.8) is 0 Å². The molecule has 8 aromatic rings. The van der Waals surface area contributed by atoms with Crippen molar-refractivity contribution in [2.75, 3.05) is 0 Å². The summed E-state index contributed by atoms with van der Waals surface area (Å²) in [7, 11) is 0. The Morgan fingerprint density at radius 1 is 0.314 bits per heavy atom. The van der Waals surface area contributed by atoms with Crippen LogP contribution in [0, 0.1) is 27.7 Å². The minimum atomic E-state index is 0. The molecule has 4 heterocycles. The van der Waals surface area contributed by atoms with E-state index in [1.165, 1.54) is 0 Å². The van der Waals surface area contributed by atoms with Crippen LogP contribution >= 0.6 is 0 Å². The number of para-hydroxylation sites is 4. The second-order valence-corrected chi connectivity index (χ2v) is 11.2. The summed E-state index contributed by atoms with van der Waals surface area (Å²) in [6.07, 6.45) is 0. The van der Waals surface area contributed by atoms with Crippen molar-refractivity contribution in [3.8, 4) is 23.0 Å². The zero-order chi connectivity index (χ0) is 34.2. The number of aromatic nitrogens is 4. The van der Waals surface area contributed by atoms with E-state index < -0.39 is 0 Å². The molecule has 4 N–H and O–H groups in total. The summed E-state index contributed by atoms with van der Waals surface area (Å²) < 4.78 is 0. The van der Waals surface area contributed by atoms with Gasteiger partial charge in [-0.1, -0.05) is 72.8 Å². The van der Waals surface area contributed by atoms with Gasteiger partial charge in [0, 0.05) is 44.3 Å². The van der Waals surface area contributed by atoms with Crippen LogP contribution in [0.5, 0.6) is 23.0 Å². The Hall–Kier alpha value is -5.26. The summed E-state index contributed by atoms with van der Waals surface area (Å²) in [6.45, 7) is 7.63. The third kappa shape index (κ3) is 10.9. The van der Waals surface area contributed by atoms with Crippen molar-refractivity contribution in [2.45, 2.75) is 27.7 Å². The Kier molecular flexibility index (Phi) is 15.8. The number of aromatic hydroxyl groups is 4. The number of hydrogen-bond acceptors (Lipinski definition) is 8. The first kappa shape index (κ1) is 41.9. The van der Waals surface area contributed by atoms with Gasteiger partial charge in [-0.25, -0.2) is 19.9 Å². The van der Waals surface area contributed by atoms with E-state index >= 15 is 0 Å². The van der Waals surface area contributed by atoms with Gasteiger partial charge in [0.15, 0.2) is 0 Å². The fourth-order valence-electron chi connectivity index (χ4n) is 4.92. The van der Waals surface area contributed by atoms with Gasteiger partial charge in [-0.2, -0.15) is 0 Å². The number of benzene rings is 4. The number of rotatable bonds is 0. The zero-order valence-electron chi connectivity index (χ0n) is 28.7. The van der Waals surface area contributed by atoms with Crippen LogP contribution < -0.4 is 0 Å².